The fourth-order valence-corrected chi connectivity index (χ4v) is 7.77. The molecule has 0 radical (unpaired) electrons. The monoisotopic (exact) mass is 838 g/mol. The van der Waals surface area contributed by atoms with Gasteiger partial charge < -0.3 is 23.8 Å². The van der Waals surface area contributed by atoms with Crippen molar-refractivity contribution in [2.24, 2.45) is 5.92 Å². The minimum Gasteiger partial charge on any atom is -0.465 e. The van der Waals surface area contributed by atoms with E-state index in [9.17, 15) is 14.4 Å². The summed E-state index contributed by atoms with van der Waals surface area (Å²) in [6.07, 6.45) is 37.7. The van der Waals surface area contributed by atoms with Gasteiger partial charge in [0.25, 0.3) is 0 Å². The van der Waals surface area contributed by atoms with Gasteiger partial charge in [-0.1, -0.05) is 156 Å². The molecular formula is C51H99NO7. The fraction of sp³-hybridized carbons (Fsp3) is 0.941. The van der Waals surface area contributed by atoms with Crippen LogP contribution in [0, 0.1) is 5.92 Å². The van der Waals surface area contributed by atoms with E-state index in [4.69, 9.17) is 18.9 Å². The second kappa shape index (κ2) is 44.4. The summed E-state index contributed by atoms with van der Waals surface area (Å²) in [6.45, 7) is 11.3. The molecule has 0 aliphatic heterocycles. The molecule has 8 heteroatoms. The van der Waals surface area contributed by atoms with Crippen LogP contribution in [0.25, 0.3) is 0 Å². The Bertz CT molecular complexity index is 848. The maximum Gasteiger partial charge on any atom is 0.308 e. The van der Waals surface area contributed by atoms with Gasteiger partial charge in [0.1, 0.15) is 12.2 Å². The summed E-state index contributed by atoms with van der Waals surface area (Å²) in [5.74, 6) is 0.158. The molecule has 59 heavy (non-hydrogen) atoms. The molecule has 0 aliphatic carbocycles. The van der Waals surface area contributed by atoms with Crippen molar-refractivity contribution in [2.75, 3.05) is 40.5 Å². The lowest BCUT2D eigenvalue weighted by Gasteiger charge is -2.18. The molecule has 0 aromatic rings. The Morgan fingerprint density at radius 1 is 0.407 bits per heavy atom. The zero-order chi connectivity index (χ0) is 43.4. The fourth-order valence-electron chi connectivity index (χ4n) is 7.77. The number of carbonyl (C=O) groups excluding carboxylic acids is 3. The Balaban J connectivity index is 4.63. The second-order valence-corrected chi connectivity index (χ2v) is 17.9. The van der Waals surface area contributed by atoms with Gasteiger partial charge in [0.15, 0.2) is 0 Å². The number of hydrogen-bond acceptors (Lipinski definition) is 8. The van der Waals surface area contributed by atoms with Gasteiger partial charge in [0, 0.05) is 19.4 Å². The van der Waals surface area contributed by atoms with E-state index in [-0.39, 0.29) is 30.1 Å². The summed E-state index contributed by atoms with van der Waals surface area (Å²) in [6, 6.07) is 0. The van der Waals surface area contributed by atoms with Crippen LogP contribution >= 0.6 is 0 Å². The number of esters is 3. The van der Waals surface area contributed by atoms with Crippen LogP contribution < -0.4 is 0 Å². The van der Waals surface area contributed by atoms with Crippen molar-refractivity contribution in [3.05, 3.63) is 0 Å². The smallest absolute Gasteiger partial charge is 0.308 e. The number of nitrogens with zero attached hydrogens (tertiary/aromatic N) is 1. The van der Waals surface area contributed by atoms with Crippen LogP contribution in [0.4, 0.5) is 0 Å². The van der Waals surface area contributed by atoms with Crippen LogP contribution in [-0.2, 0) is 33.3 Å². The van der Waals surface area contributed by atoms with Gasteiger partial charge in [-0.3, -0.25) is 14.4 Å². The maximum atomic E-state index is 12.7. The maximum absolute atomic E-state index is 12.7. The summed E-state index contributed by atoms with van der Waals surface area (Å²) in [5, 5.41) is 0. The van der Waals surface area contributed by atoms with Gasteiger partial charge in [-0.05, 0) is 97.1 Å². The van der Waals surface area contributed by atoms with Crippen LogP contribution in [0.2, 0.25) is 0 Å². The predicted molar refractivity (Wildman–Crippen MR) is 248 cm³/mol. The Labute approximate surface area is 366 Å². The molecule has 0 atom stereocenters. The first-order chi connectivity index (χ1) is 28.7. The largest absolute Gasteiger partial charge is 0.465 e. The van der Waals surface area contributed by atoms with E-state index in [2.05, 4.69) is 32.6 Å². The summed E-state index contributed by atoms with van der Waals surface area (Å²) < 4.78 is 23.3. The van der Waals surface area contributed by atoms with Crippen molar-refractivity contribution < 1.29 is 33.3 Å². The van der Waals surface area contributed by atoms with Crippen molar-refractivity contribution in [2.45, 2.75) is 265 Å². The number of hydrogen-bond donors (Lipinski definition) is 0. The highest BCUT2D eigenvalue weighted by molar-refractivity contribution is 5.70. The Hall–Kier alpha value is -1.67. The molecule has 0 N–H and O–H groups in total. The molecule has 0 saturated heterocycles. The molecule has 0 aromatic heterocycles. The summed E-state index contributed by atoms with van der Waals surface area (Å²) >= 11 is 0. The average Bonchev–Trinajstić information content (AvgIpc) is 3.21. The molecule has 0 spiro atoms. The lowest BCUT2D eigenvalue weighted by Crippen LogP contribution is -2.20. The van der Waals surface area contributed by atoms with Gasteiger partial charge in [-0.2, -0.15) is 0 Å². The van der Waals surface area contributed by atoms with Gasteiger partial charge in [0.05, 0.1) is 26.2 Å². The molecular weight excluding hydrogens is 739 g/mol. The lowest BCUT2D eigenvalue weighted by molar-refractivity contribution is -0.151. The first-order valence-electron chi connectivity index (χ1n) is 25.5. The number of likely N-dealkylation sites (N-methyl/N-ethyl adjacent to an activating group) is 1. The SMILES string of the molecule is CCCCCCC(CCCCCC)OC(=O)CCCCCCCC(CCCCCCCC(=O)OC(CCCCCC)CCCCCC)COC(=O)CCOCCN(C)C. The van der Waals surface area contributed by atoms with Crippen LogP contribution in [0.3, 0.4) is 0 Å². The van der Waals surface area contributed by atoms with Gasteiger partial charge >= 0.3 is 17.9 Å². The van der Waals surface area contributed by atoms with Gasteiger partial charge in [-0.15, -0.1) is 0 Å². The van der Waals surface area contributed by atoms with Crippen LogP contribution in [-0.4, -0.2) is 75.5 Å². The van der Waals surface area contributed by atoms with Crippen LogP contribution in [0.15, 0.2) is 0 Å². The number of ether oxygens (including phenoxy) is 4. The molecule has 0 rings (SSSR count). The Morgan fingerprint density at radius 2 is 0.763 bits per heavy atom. The molecule has 8 nitrogen and oxygen atoms in total. The van der Waals surface area contributed by atoms with Gasteiger partial charge in [0.2, 0.25) is 0 Å². The van der Waals surface area contributed by atoms with Gasteiger partial charge in [-0.25, -0.2) is 0 Å². The summed E-state index contributed by atoms with van der Waals surface area (Å²) in [4.78, 5) is 40.0. The van der Waals surface area contributed by atoms with Crippen molar-refractivity contribution in [3.8, 4) is 0 Å². The Kier molecular flexibility index (Phi) is 43.1. The van der Waals surface area contributed by atoms with Crippen molar-refractivity contribution >= 4 is 17.9 Å². The Morgan fingerprint density at radius 3 is 1.15 bits per heavy atom. The molecule has 0 aliphatic rings. The van der Waals surface area contributed by atoms with E-state index in [0.29, 0.717) is 45.0 Å². The number of unbranched alkanes of at least 4 members (excludes halogenated alkanes) is 20. The number of rotatable bonds is 46. The molecule has 350 valence electrons. The van der Waals surface area contributed by atoms with Crippen LogP contribution in [0.1, 0.15) is 252 Å². The average molecular weight is 838 g/mol. The number of carbonyl (C=O) groups is 3. The van der Waals surface area contributed by atoms with E-state index in [1.54, 1.807) is 0 Å². The first-order valence-corrected chi connectivity index (χ1v) is 25.5. The second-order valence-electron chi connectivity index (χ2n) is 17.9. The lowest BCUT2D eigenvalue weighted by atomic mass is 9.94. The van der Waals surface area contributed by atoms with E-state index in [1.807, 2.05) is 14.1 Å². The third-order valence-electron chi connectivity index (χ3n) is 11.7. The highest BCUT2D eigenvalue weighted by Crippen LogP contribution is 2.22. The molecule has 0 saturated carbocycles. The zero-order valence-electron chi connectivity index (χ0n) is 40.1. The highest BCUT2D eigenvalue weighted by atomic mass is 16.5. The predicted octanol–water partition coefficient (Wildman–Crippen LogP) is 14.3. The minimum absolute atomic E-state index is 0.0131. The first kappa shape index (κ1) is 57.3. The molecule has 0 aromatic carbocycles. The standard InChI is InChI=1S/C51H99NO7/c1-7-11-15-27-35-47(36-28-16-12-8-2)58-50(54)39-31-23-19-21-25-33-46(45-57-49(53)41-43-56-44-42-52(5)6)34-26-22-20-24-32-40-51(55)59-48(37-29-17-13-9-3)38-30-18-14-10-4/h46-48H,7-45H2,1-6H3. The highest BCUT2D eigenvalue weighted by Gasteiger charge is 2.17. The summed E-state index contributed by atoms with van der Waals surface area (Å²) in [5.41, 5.74) is 0. The normalized spacial score (nSPS) is 11.7. The van der Waals surface area contributed by atoms with Crippen molar-refractivity contribution in [1.82, 2.24) is 4.90 Å². The van der Waals surface area contributed by atoms with Crippen molar-refractivity contribution in [3.63, 3.8) is 0 Å². The topological polar surface area (TPSA) is 91.4 Å². The molecule has 0 heterocycles. The molecule has 0 unspecified atom stereocenters. The summed E-state index contributed by atoms with van der Waals surface area (Å²) in [7, 11) is 4.02. The van der Waals surface area contributed by atoms with E-state index >= 15 is 0 Å². The zero-order valence-corrected chi connectivity index (χ0v) is 40.1. The van der Waals surface area contributed by atoms with E-state index in [0.717, 1.165) is 135 Å². The quantitative estimate of drug-likeness (QED) is 0.0340. The van der Waals surface area contributed by atoms with E-state index in [1.165, 1.54) is 77.0 Å². The molecule has 0 fully saturated rings. The third-order valence-corrected chi connectivity index (χ3v) is 11.7. The third kappa shape index (κ3) is 41.5. The van der Waals surface area contributed by atoms with E-state index < -0.39 is 0 Å². The van der Waals surface area contributed by atoms with Crippen molar-refractivity contribution in [1.29, 1.82) is 0 Å². The molecule has 0 bridgehead atoms. The molecule has 0 amide bonds. The minimum atomic E-state index is -0.174. The van der Waals surface area contributed by atoms with Crippen LogP contribution in [0.5, 0.6) is 0 Å².